The van der Waals surface area contributed by atoms with Crippen LogP contribution in [0, 0.1) is 17.2 Å². The maximum absolute atomic E-state index is 15.3. The van der Waals surface area contributed by atoms with Crippen LogP contribution in [-0.4, -0.2) is 59.8 Å². The fourth-order valence-corrected chi connectivity index (χ4v) is 6.14. The topological polar surface area (TPSA) is 150 Å². The van der Waals surface area contributed by atoms with Crippen molar-refractivity contribution in [3.05, 3.63) is 95.0 Å². The Kier molecular flexibility index (Phi) is 11.1. The van der Waals surface area contributed by atoms with Gasteiger partial charge in [-0.3, -0.25) is 5.41 Å². The molecule has 2 saturated heterocycles. The number of hydrogen-bond acceptors (Lipinski definition) is 9. The van der Waals surface area contributed by atoms with E-state index in [-0.39, 0.29) is 23.1 Å². The second-order valence-corrected chi connectivity index (χ2v) is 13.1. The highest BCUT2D eigenvalue weighted by atomic mass is 19.1. The molecule has 0 radical (unpaired) electrons. The van der Waals surface area contributed by atoms with E-state index < -0.39 is 11.7 Å². The molecular weight excluding hydrogens is 597 g/mol. The van der Waals surface area contributed by atoms with Gasteiger partial charge >= 0.3 is 0 Å². The zero-order chi connectivity index (χ0) is 33.5. The Labute approximate surface area is 276 Å². The largest absolute Gasteiger partial charge is 0.507 e. The molecule has 11 heteroatoms. The molecule has 4 heterocycles. The van der Waals surface area contributed by atoms with Crippen LogP contribution in [0.15, 0.2) is 88.2 Å². The van der Waals surface area contributed by atoms with E-state index in [2.05, 4.69) is 47.1 Å². The average molecular weight is 646 g/mol. The Morgan fingerprint density at radius 3 is 2.55 bits per heavy atom. The summed E-state index contributed by atoms with van der Waals surface area (Å²) in [5.74, 6) is 2.77. The van der Waals surface area contributed by atoms with Crippen molar-refractivity contribution in [1.29, 1.82) is 5.41 Å². The SMILES string of the molecule is CC(C)C(C)c1cc(N2CCC(CN3CCC(OC4=C/C(=C/C(F)=C(/C=C(\N)c5ccccc5O)C(=N)N)C=CN4)CC3)CC2)no1. The summed E-state index contributed by atoms with van der Waals surface area (Å²) in [7, 11) is 0. The maximum Gasteiger partial charge on any atom is 0.191 e. The van der Waals surface area contributed by atoms with E-state index in [4.69, 9.17) is 26.1 Å². The predicted octanol–water partition coefficient (Wildman–Crippen LogP) is 5.88. The minimum Gasteiger partial charge on any atom is -0.507 e. The molecule has 2 aromatic rings. The minimum atomic E-state index is -0.723. The summed E-state index contributed by atoms with van der Waals surface area (Å²) in [6.07, 6.45) is 11.8. The first-order valence-corrected chi connectivity index (χ1v) is 16.5. The number of aromatic nitrogens is 1. The first-order valence-electron chi connectivity index (χ1n) is 16.5. The second-order valence-electron chi connectivity index (χ2n) is 13.1. The molecule has 3 aliphatic heterocycles. The van der Waals surface area contributed by atoms with E-state index in [0.29, 0.717) is 34.8 Å². The van der Waals surface area contributed by atoms with Crippen LogP contribution in [0.25, 0.3) is 5.70 Å². The van der Waals surface area contributed by atoms with Gasteiger partial charge in [-0.25, -0.2) is 4.39 Å². The van der Waals surface area contributed by atoms with Crippen LogP contribution < -0.4 is 21.7 Å². The molecule has 10 nitrogen and oxygen atoms in total. The van der Waals surface area contributed by atoms with Gasteiger partial charge < -0.3 is 41.0 Å². The lowest BCUT2D eigenvalue weighted by Crippen LogP contribution is -2.43. The summed E-state index contributed by atoms with van der Waals surface area (Å²) in [4.78, 5) is 4.90. The molecule has 0 amide bonds. The van der Waals surface area contributed by atoms with Gasteiger partial charge in [-0.05, 0) is 73.5 Å². The lowest BCUT2D eigenvalue weighted by Gasteiger charge is -2.37. The van der Waals surface area contributed by atoms with E-state index >= 15 is 4.39 Å². The van der Waals surface area contributed by atoms with Crippen molar-refractivity contribution in [3.8, 4) is 5.75 Å². The summed E-state index contributed by atoms with van der Waals surface area (Å²) in [6, 6.07) is 8.57. The Bertz CT molecular complexity index is 1560. The standard InChI is InChI=1S/C36H48FN7O3/c1-23(2)24(3)33-21-34(42-47-33)44-16-9-25(10-17-44)22-43-14-11-27(12-15-43)46-35-19-26(8-13-41-35)18-30(37)29(36(39)40)20-31(38)28-6-4-5-7-32(28)45/h4-8,13,18-21,23-25,27,41,45H,9-12,14-17,22,38H2,1-3H3,(H3,39,40)/b26-18+,30-29+,31-20-. The molecule has 3 aliphatic rings. The first kappa shape index (κ1) is 33.8. The van der Waals surface area contributed by atoms with Crippen LogP contribution in [-0.2, 0) is 4.74 Å². The highest BCUT2D eigenvalue weighted by Gasteiger charge is 2.27. The minimum absolute atomic E-state index is 0.0468. The highest BCUT2D eigenvalue weighted by molar-refractivity contribution is 6.00. The third-order valence-electron chi connectivity index (χ3n) is 9.40. The summed E-state index contributed by atoms with van der Waals surface area (Å²) in [5.41, 5.74) is 12.6. The Balaban J connectivity index is 1.11. The number of phenolic OH excluding ortho intramolecular Hbond substituents is 1. The smallest absolute Gasteiger partial charge is 0.191 e. The number of allylic oxidation sites excluding steroid dienone is 5. The summed E-state index contributed by atoms with van der Waals surface area (Å²) in [5, 5.41) is 25.4. The molecule has 1 aromatic heterocycles. The first-order chi connectivity index (χ1) is 22.6. The van der Waals surface area contributed by atoms with Crippen molar-refractivity contribution in [2.24, 2.45) is 23.3 Å². The zero-order valence-electron chi connectivity index (χ0n) is 27.6. The molecule has 2 fully saturated rings. The van der Waals surface area contributed by atoms with Crippen molar-refractivity contribution in [2.75, 3.05) is 37.6 Å². The van der Waals surface area contributed by atoms with Gasteiger partial charge in [-0.1, -0.05) is 38.1 Å². The summed E-state index contributed by atoms with van der Waals surface area (Å²) in [6.45, 7) is 11.6. The number of ether oxygens (including phenoxy) is 1. The van der Waals surface area contributed by atoms with Crippen molar-refractivity contribution in [1.82, 2.24) is 15.4 Å². The van der Waals surface area contributed by atoms with E-state index in [0.717, 1.165) is 70.0 Å². The lowest BCUT2D eigenvalue weighted by molar-refractivity contribution is 0.0380. The number of hydrogen-bond donors (Lipinski definition) is 5. The summed E-state index contributed by atoms with van der Waals surface area (Å²) < 4.78 is 27.3. The van der Waals surface area contributed by atoms with Crippen LogP contribution in [0.1, 0.15) is 63.7 Å². The Morgan fingerprint density at radius 1 is 1.15 bits per heavy atom. The van der Waals surface area contributed by atoms with Crippen molar-refractivity contribution < 1.29 is 18.8 Å². The number of likely N-dealkylation sites (tertiary alicyclic amines) is 1. The van der Waals surface area contributed by atoms with E-state index in [9.17, 15) is 5.11 Å². The van der Waals surface area contributed by atoms with Gasteiger partial charge in [-0.15, -0.1) is 0 Å². The normalized spacial score (nSPS) is 20.6. The lowest BCUT2D eigenvalue weighted by atomic mass is 9.94. The molecule has 1 aromatic carbocycles. The number of halogens is 1. The molecular formula is C36H48FN7O3. The molecule has 0 spiro atoms. The van der Waals surface area contributed by atoms with Crippen LogP contribution in [0.3, 0.4) is 0 Å². The number of aromatic hydroxyl groups is 1. The monoisotopic (exact) mass is 645 g/mol. The average Bonchev–Trinajstić information content (AvgIpc) is 3.55. The van der Waals surface area contributed by atoms with Gasteiger partial charge in [0.1, 0.15) is 29.3 Å². The van der Waals surface area contributed by atoms with Gasteiger partial charge in [0.25, 0.3) is 0 Å². The molecule has 1 unspecified atom stereocenters. The number of rotatable bonds is 11. The third kappa shape index (κ3) is 8.85. The second kappa shape index (κ2) is 15.4. The van der Waals surface area contributed by atoms with Crippen LogP contribution in [0.5, 0.6) is 5.75 Å². The Hall–Kier alpha value is -4.51. The molecule has 0 bridgehead atoms. The van der Waals surface area contributed by atoms with E-state index in [1.807, 2.05) is 0 Å². The van der Waals surface area contributed by atoms with Gasteiger partial charge in [0.15, 0.2) is 11.7 Å². The van der Waals surface area contributed by atoms with Crippen LogP contribution >= 0.6 is 0 Å². The molecule has 252 valence electrons. The fourth-order valence-electron chi connectivity index (χ4n) is 6.14. The molecule has 0 aliphatic carbocycles. The number of amidine groups is 1. The van der Waals surface area contributed by atoms with Gasteiger partial charge in [0.2, 0.25) is 0 Å². The number of para-hydroxylation sites is 1. The van der Waals surface area contributed by atoms with Crippen molar-refractivity contribution in [2.45, 2.75) is 58.5 Å². The maximum atomic E-state index is 15.3. The highest BCUT2D eigenvalue weighted by Crippen LogP contribution is 2.30. The molecule has 1 atom stereocenters. The van der Waals surface area contributed by atoms with Gasteiger partial charge in [0.05, 0.1) is 5.57 Å². The van der Waals surface area contributed by atoms with Crippen LogP contribution in [0.2, 0.25) is 0 Å². The number of nitrogens with one attached hydrogen (secondary N) is 2. The molecule has 7 N–H and O–H groups in total. The predicted molar refractivity (Wildman–Crippen MR) is 184 cm³/mol. The number of nitrogens with zero attached hydrogens (tertiary/aromatic N) is 3. The number of benzene rings is 1. The van der Waals surface area contributed by atoms with Gasteiger partial charge in [0, 0.05) is 68.2 Å². The molecule has 47 heavy (non-hydrogen) atoms. The number of phenols is 1. The number of dihydropyridines is 1. The fraction of sp³-hybridized carbons (Fsp3) is 0.444. The van der Waals surface area contributed by atoms with E-state index in [1.165, 1.54) is 18.2 Å². The Morgan fingerprint density at radius 2 is 1.87 bits per heavy atom. The van der Waals surface area contributed by atoms with Crippen molar-refractivity contribution in [3.63, 3.8) is 0 Å². The third-order valence-corrected chi connectivity index (χ3v) is 9.40. The number of anilines is 1. The summed E-state index contributed by atoms with van der Waals surface area (Å²) >= 11 is 0. The number of nitrogens with two attached hydrogens (primary N) is 2. The van der Waals surface area contributed by atoms with Crippen LogP contribution in [0.4, 0.5) is 10.2 Å². The quantitative estimate of drug-likeness (QED) is 0.115. The van der Waals surface area contributed by atoms with Crippen molar-refractivity contribution >= 4 is 17.4 Å². The number of piperidine rings is 2. The molecule has 0 saturated carbocycles. The zero-order valence-corrected chi connectivity index (χ0v) is 27.6. The van der Waals surface area contributed by atoms with Gasteiger partial charge in [-0.2, -0.15) is 0 Å². The molecule has 5 rings (SSSR count). The van der Waals surface area contributed by atoms with E-state index in [1.54, 1.807) is 36.6 Å².